The zero-order chi connectivity index (χ0) is 14.5. The zero-order valence-corrected chi connectivity index (χ0v) is 12.5. The summed E-state index contributed by atoms with van der Waals surface area (Å²) in [5.74, 6) is 1.56. The summed E-state index contributed by atoms with van der Waals surface area (Å²) < 4.78 is 5.44. The van der Waals surface area contributed by atoms with Gasteiger partial charge in [0.1, 0.15) is 5.75 Å². The lowest BCUT2D eigenvalue weighted by Crippen LogP contribution is -2.27. The smallest absolute Gasteiger partial charge is 0.122 e. The Balaban J connectivity index is 1.79. The summed E-state index contributed by atoms with van der Waals surface area (Å²) in [6, 6.07) is 12.6. The Morgan fingerprint density at radius 1 is 1.19 bits per heavy atom. The van der Waals surface area contributed by atoms with E-state index in [0.717, 1.165) is 25.3 Å². The average Bonchev–Trinajstić information content (AvgIpc) is 2.56. The second kappa shape index (κ2) is 6.72. The highest BCUT2D eigenvalue weighted by Crippen LogP contribution is 2.26. The van der Waals surface area contributed by atoms with E-state index in [2.05, 4.69) is 34.6 Å². The van der Waals surface area contributed by atoms with Gasteiger partial charge < -0.3 is 10.1 Å². The molecule has 1 aromatic heterocycles. The first kappa shape index (κ1) is 14.1. The summed E-state index contributed by atoms with van der Waals surface area (Å²) in [5, 5.41) is 3.41. The van der Waals surface area contributed by atoms with E-state index in [0.29, 0.717) is 5.92 Å². The van der Waals surface area contributed by atoms with Crippen LogP contribution in [0.1, 0.15) is 35.6 Å². The van der Waals surface area contributed by atoms with Crippen LogP contribution in [-0.2, 0) is 6.42 Å². The van der Waals surface area contributed by atoms with Gasteiger partial charge in [-0.05, 0) is 55.3 Å². The molecule has 1 aliphatic heterocycles. The maximum Gasteiger partial charge on any atom is 0.122 e. The first-order valence-electron chi connectivity index (χ1n) is 7.64. The van der Waals surface area contributed by atoms with Crippen molar-refractivity contribution in [2.24, 2.45) is 0 Å². The molecule has 3 rings (SSSR count). The molecule has 1 N–H and O–H groups in total. The number of piperidine rings is 1. The fraction of sp³-hybridized carbons (Fsp3) is 0.389. The molecular weight excluding hydrogens is 260 g/mol. The van der Waals surface area contributed by atoms with Crippen LogP contribution in [-0.4, -0.2) is 25.2 Å². The number of rotatable bonds is 4. The molecule has 1 fully saturated rings. The molecule has 0 unspecified atom stereocenters. The maximum atomic E-state index is 5.44. The monoisotopic (exact) mass is 282 g/mol. The summed E-state index contributed by atoms with van der Waals surface area (Å²) in [6.45, 7) is 2.20. The lowest BCUT2D eigenvalue weighted by Gasteiger charge is -2.22. The molecule has 0 atom stereocenters. The van der Waals surface area contributed by atoms with Gasteiger partial charge in [0, 0.05) is 24.2 Å². The molecule has 2 heterocycles. The number of ether oxygens (including phenoxy) is 1. The summed E-state index contributed by atoms with van der Waals surface area (Å²) in [6.07, 6.45) is 5.21. The number of para-hydroxylation sites is 1. The molecule has 1 saturated heterocycles. The van der Waals surface area contributed by atoms with Gasteiger partial charge in [-0.3, -0.25) is 4.98 Å². The van der Waals surface area contributed by atoms with Crippen molar-refractivity contribution in [3.05, 3.63) is 59.4 Å². The second-order valence-corrected chi connectivity index (χ2v) is 5.60. The van der Waals surface area contributed by atoms with Crippen molar-refractivity contribution >= 4 is 0 Å². The van der Waals surface area contributed by atoms with Gasteiger partial charge in [0.05, 0.1) is 7.11 Å². The SMILES string of the molecule is COc1ccccc1Cc1ccnc(C2CCNCC2)c1. The van der Waals surface area contributed by atoms with Gasteiger partial charge in [-0.15, -0.1) is 0 Å². The van der Waals surface area contributed by atoms with E-state index in [1.54, 1.807) is 7.11 Å². The summed E-state index contributed by atoms with van der Waals surface area (Å²) in [4.78, 5) is 4.59. The highest BCUT2D eigenvalue weighted by molar-refractivity contribution is 5.37. The van der Waals surface area contributed by atoms with Gasteiger partial charge in [-0.1, -0.05) is 18.2 Å². The highest BCUT2D eigenvalue weighted by atomic mass is 16.5. The molecule has 2 aromatic rings. The number of benzene rings is 1. The predicted molar refractivity (Wildman–Crippen MR) is 84.9 cm³/mol. The second-order valence-electron chi connectivity index (χ2n) is 5.60. The van der Waals surface area contributed by atoms with Crippen LogP contribution in [0.2, 0.25) is 0 Å². The Labute approximate surface area is 126 Å². The molecule has 0 radical (unpaired) electrons. The molecule has 3 heteroatoms. The molecule has 1 aliphatic rings. The van der Waals surface area contributed by atoms with Crippen molar-refractivity contribution in [2.45, 2.75) is 25.2 Å². The normalized spacial score (nSPS) is 15.9. The Kier molecular flexibility index (Phi) is 4.51. The van der Waals surface area contributed by atoms with Gasteiger partial charge in [-0.25, -0.2) is 0 Å². The van der Waals surface area contributed by atoms with E-state index >= 15 is 0 Å². The van der Waals surface area contributed by atoms with Crippen molar-refractivity contribution in [1.29, 1.82) is 0 Å². The molecule has 0 spiro atoms. The fourth-order valence-corrected chi connectivity index (χ4v) is 3.01. The number of nitrogens with one attached hydrogen (secondary N) is 1. The van der Waals surface area contributed by atoms with Crippen LogP contribution in [0.3, 0.4) is 0 Å². The molecule has 3 nitrogen and oxygen atoms in total. The van der Waals surface area contributed by atoms with E-state index < -0.39 is 0 Å². The highest BCUT2D eigenvalue weighted by Gasteiger charge is 2.16. The Bertz CT molecular complexity index is 591. The number of pyridine rings is 1. The summed E-state index contributed by atoms with van der Waals surface area (Å²) >= 11 is 0. The van der Waals surface area contributed by atoms with E-state index in [1.807, 2.05) is 18.3 Å². The van der Waals surface area contributed by atoms with E-state index in [4.69, 9.17) is 4.74 Å². The van der Waals surface area contributed by atoms with Crippen LogP contribution < -0.4 is 10.1 Å². The Hall–Kier alpha value is -1.87. The number of hydrogen-bond donors (Lipinski definition) is 1. The van der Waals surface area contributed by atoms with Crippen molar-refractivity contribution in [1.82, 2.24) is 10.3 Å². The molecular formula is C18H22N2O. The van der Waals surface area contributed by atoms with Gasteiger partial charge >= 0.3 is 0 Å². The minimum atomic E-state index is 0.601. The van der Waals surface area contributed by atoms with Gasteiger partial charge in [0.25, 0.3) is 0 Å². The third kappa shape index (κ3) is 3.42. The molecule has 0 aliphatic carbocycles. The van der Waals surface area contributed by atoms with Crippen LogP contribution in [0.15, 0.2) is 42.6 Å². The van der Waals surface area contributed by atoms with Crippen LogP contribution in [0.5, 0.6) is 5.75 Å². The fourth-order valence-electron chi connectivity index (χ4n) is 3.01. The maximum absolute atomic E-state index is 5.44. The lowest BCUT2D eigenvalue weighted by atomic mass is 9.92. The quantitative estimate of drug-likeness (QED) is 0.935. The van der Waals surface area contributed by atoms with E-state index in [1.165, 1.54) is 29.7 Å². The molecule has 0 amide bonds. The van der Waals surface area contributed by atoms with Gasteiger partial charge in [0.15, 0.2) is 0 Å². The standard InChI is InChI=1S/C18H22N2O/c1-21-18-5-3-2-4-16(18)12-14-6-11-20-17(13-14)15-7-9-19-10-8-15/h2-6,11,13,15,19H,7-10,12H2,1H3. The largest absolute Gasteiger partial charge is 0.496 e. The molecule has 0 saturated carbocycles. The van der Waals surface area contributed by atoms with Crippen LogP contribution >= 0.6 is 0 Å². The van der Waals surface area contributed by atoms with Crippen molar-refractivity contribution in [3.63, 3.8) is 0 Å². The minimum absolute atomic E-state index is 0.601. The van der Waals surface area contributed by atoms with Gasteiger partial charge in [0.2, 0.25) is 0 Å². The Morgan fingerprint density at radius 2 is 2.00 bits per heavy atom. The average molecular weight is 282 g/mol. The zero-order valence-electron chi connectivity index (χ0n) is 12.5. The topological polar surface area (TPSA) is 34.1 Å². The van der Waals surface area contributed by atoms with Crippen molar-refractivity contribution in [2.75, 3.05) is 20.2 Å². The summed E-state index contributed by atoms with van der Waals surface area (Å²) in [5.41, 5.74) is 3.77. The first-order valence-corrected chi connectivity index (χ1v) is 7.64. The van der Waals surface area contributed by atoms with Crippen LogP contribution in [0, 0.1) is 0 Å². The Morgan fingerprint density at radius 3 is 2.81 bits per heavy atom. The van der Waals surface area contributed by atoms with Crippen LogP contribution in [0.4, 0.5) is 0 Å². The minimum Gasteiger partial charge on any atom is -0.496 e. The number of nitrogens with zero attached hydrogens (tertiary/aromatic N) is 1. The molecule has 21 heavy (non-hydrogen) atoms. The first-order chi connectivity index (χ1) is 10.4. The predicted octanol–water partition coefficient (Wildman–Crippen LogP) is 3.15. The molecule has 0 bridgehead atoms. The number of aromatic nitrogens is 1. The van der Waals surface area contributed by atoms with Crippen molar-refractivity contribution in [3.8, 4) is 5.75 Å². The third-order valence-electron chi connectivity index (χ3n) is 4.19. The lowest BCUT2D eigenvalue weighted by molar-refractivity contribution is 0.410. The van der Waals surface area contributed by atoms with Gasteiger partial charge in [-0.2, -0.15) is 0 Å². The number of hydrogen-bond acceptors (Lipinski definition) is 3. The van der Waals surface area contributed by atoms with E-state index in [-0.39, 0.29) is 0 Å². The van der Waals surface area contributed by atoms with Crippen LogP contribution in [0.25, 0.3) is 0 Å². The number of methoxy groups -OCH3 is 1. The molecule has 1 aromatic carbocycles. The van der Waals surface area contributed by atoms with E-state index in [9.17, 15) is 0 Å². The summed E-state index contributed by atoms with van der Waals surface area (Å²) in [7, 11) is 1.73. The molecule has 110 valence electrons. The third-order valence-corrected chi connectivity index (χ3v) is 4.19. The van der Waals surface area contributed by atoms with Crippen molar-refractivity contribution < 1.29 is 4.74 Å².